The van der Waals surface area contributed by atoms with Crippen molar-refractivity contribution in [2.45, 2.75) is 6.61 Å². The number of hydrogen-bond acceptors (Lipinski definition) is 3. The third kappa shape index (κ3) is 4.19. The van der Waals surface area contributed by atoms with Crippen LogP contribution in [0.5, 0.6) is 5.75 Å². The van der Waals surface area contributed by atoms with E-state index in [0.29, 0.717) is 12.4 Å². The quantitative estimate of drug-likeness (QED) is 0.798. The highest BCUT2D eigenvalue weighted by atomic mass is 19.1. The molecular formula is C17H11FN2O. The number of halogens is 1. The maximum Gasteiger partial charge on any atom is 0.130 e. The van der Waals surface area contributed by atoms with Crippen LogP contribution in [-0.4, -0.2) is 0 Å². The smallest absolute Gasteiger partial charge is 0.130 e. The molecule has 0 aromatic heterocycles. The van der Waals surface area contributed by atoms with E-state index in [1.165, 1.54) is 18.2 Å². The van der Waals surface area contributed by atoms with Crippen molar-refractivity contribution in [3.05, 3.63) is 71.0 Å². The van der Waals surface area contributed by atoms with Gasteiger partial charge in [-0.15, -0.1) is 0 Å². The van der Waals surface area contributed by atoms with Crippen LogP contribution in [-0.2, 0) is 6.61 Å². The van der Waals surface area contributed by atoms with Crippen molar-refractivity contribution in [2.75, 3.05) is 0 Å². The summed E-state index contributed by atoms with van der Waals surface area (Å²) in [5.41, 5.74) is 1.77. The van der Waals surface area contributed by atoms with E-state index in [1.807, 2.05) is 24.3 Å². The van der Waals surface area contributed by atoms with Crippen molar-refractivity contribution in [3.8, 4) is 17.9 Å². The first-order valence-corrected chi connectivity index (χ1v) is 6.20. The molecule has 0 unspecified atom stereocenters. The Morgan fingerprint density at radius 3 is 2.19 bits per heavy atom. The van der Waals surface area contributed by atoms with Crippen molar-refractivity contribution in [1.82, 2.24) is 0 Å². The normalized spacial score (nSPS) is 9.29. The Morgan fingerprint density at radius 1 is 1.00 bits per heavy atom. The molecule has 2 aromatic carbocycles. The summed E-state index contributed by atoms with van der Waals surface area (Å²) in [5, 5.41) is 17.4. The summed E-state index contributed by atoms with van der Waals surface area (Å²) >= 11 is 0. The van der Waals surface area contributed by atoms with Crippen molar-refractivity contribution >= 4 is 6.08 Å². The average molecular weight is 278 g/mol. The van der Waals surface area contributed by atoms with Gasteiger partial charge < -0.3 is 4.74 Å². The standard InChI is InChI=1S/C17H11FN2O/c18-16-5-7-17(8-6-16)21-12-14-3-1-13(2-4-14)9-15(10-19)11-20/h1-9H,12H2. The summed E-state index contributed by atoms with van der Waals surface area (Å²) in [4.78, 5) is 0. The van der Waals surface area contributed by atoms with Gasteiger partial charge in [-0.05, 0) is 41.5 Å². The van der Waals surface area contributed by atoms with E-state index < -0.39 is 0 Å². The van der Waals surface area contributed by atoms with Gasteiger partial charge in [0.1, 0.15) is 35.9 Å². The molecule has 0 amide bonds. The topological polar surface area (TPSA) is 56.8 Å². The summed E-state index contributed by atoms with van der Waals surface area (Å²) in [6, 6.07) is 16.7. The molecule has 4 heteroatoms. The van der Waals surface area contributed by atoms with Crippen LogP contribution in [0.3, 0.4) is 0 Å². The maximum absolute atomic E-state index is 12.8. The number of allylic oxidation sites excluding steroid dienone is 1. The lowest BCUT2D eigenvalue weighted by molar-refractivity contribution is 0.306. The molecule has 0 aliphatic carbocycles. The van der Waals surface area contributed by atoms with Gasteiger partial charge in [0.2, 0.25) is 0 Å². The van der Waals surface area contributed by atoms with Crippen LogP contribution >= 0.6 is 0 Å². The lowest BCUT2D eigenvalue weighted by Crippen LogP contribution is -1.95. The van der Waals surface area contributed by atoms with Crippen LogP contribution in [0, 0.1) is 28.5 Å². The second kappa shape index (κ2) is 6.88. The molecule has 21 heavy (non-hydrogen) atoms. The minimum absolute atomic E-state index is 0.0605. The largest absolute Gasteiger partial charge is 0.489 e. The van der Waals surface area contributed by atoms with Gasteiger partial charge in [0.05, 0.1) is 0 Å². The van der Waals surface area contributed by atoms with Crippen LogP contribution in [0.25, 0.3) is 6.08 Å². The summed E-state index contributed by atoms with van der Waals surface area (Å²) in [5.74, 6) is 0.292. The molecule has 0 atom stereocenters. The Morgan fingerprint density at radius 2 is 1.62 bits per heavy atom. The first-order chi connectivity index (χ1) is 10.2. The van der Waals surface area contributed by atoms with Gasteiger partial charge in [-0.1, -0.05) is 24.3 Å². The van der Waals surface area contributed by atoms with E-state index in [0.717, 1.165) is 11.1 Å². The molecular weight excluding hydrogens is 267 g/mol. The first-order valence-electron chi connectivity index (χ1n) is 6.20. The molecule has 102 valence electrons. The molecule has 0 saturated carbocycles. The zero-order chi connectivity index (χ0) is 15.1. The minimum Gasteiger partial charge on any atom is -0.489 e. The second-order valence-corrected chi connectivity index (χ2v) is 4.27. The van der Waals surface area contributed by atoms with E-state index in [2.05, 4.69) is 0 Å². The van der Waals surface area contributed by atoms with Crippen LogP contribution in [0.15, 0.2) is 54.1 Å². The predicted molar refractivity (Wildman–Crippen MR) is 76.4 cm³/mol. The summed E-state index contributed by atoms with van der Waals surface area (Å²) in [6.45, 7) is 0.360. The maximum atomic E-state index is 12.8. The van der Waals surface area contributed by atoms with Crippen LogP contribution < -0.4 is 4.74 Å². The van der Waals surface area contributed by atoms with Crippen LogP contribution in [0.2, 0.25) is 0 Å². The Labute approximate surface area is 122 Å². The molecule has 0 fully saturated rings. The fourth-order valence-electron chi connectivity index (χ4n) is 1.66. The summed E-state index contributed by atoms with van der Waals surface area (Å²) in [6.07, 6.45) is 1.52. The lowest BCUT2D eigenvalue weighted by atomic mass is 10.1. The van der Waals surface area contributed by atoms with Gasteiger partial charge in [0, 0.05) is 0 Å². The monoisotopic (exact) mass is 278 g/mol. The van der Waals surface area contributed by atoms with E-state index in [1.54, 1.807) is 24.3 Å². The highest BCUT2D eigenvalue weighted by molar-refractivity contribution is 5.61. The van der Waals surface area contributed by atoms with Gasteiger partial charge >= 0.3 is 0 Å². The highest BCUT2D eigenvalue weighted by Gasteiger charge is 1.98. The van der Waals surface area contributed by atoms with Crippen molar-refractivity contribution in [2.24, 2.45) is 0 Å². The Hall–Kier alpha value is -3.11. The average Bonchev–Trinajstić information content (AvgIpc) is 2.53. The second-order valence-electron chi connectivity index (χ2n) is 4.27. The Kier molecular flexibility index (Phi) is 4.69. The number of nitriles is 2. The van der Waals surface area contributed by atoms with E-state index in [9.17, 15) is 4.39 Å². The third-order valence-electron chi connectivity index (χ3n) is 2.75. The van der Waals surface area contributed by atoms with E-state index in [-0.39, 0.29) is 11.4 Å². The zero-order valence-corrected chi connectivity index (χ0v) is 11.1. The number of ether oxygens (including phenoxy) is 1. The molecule has 0 heterocycles. The van der Waals surface area contributed by atoms with Gasteiger partial charge in [-0.25, -0.2) is 4.39 Å². The van der Waals surface area contributed by atoms with Crippen molar-refractivity contribution in [1.29, 1.82) is 10.5 Å². The molecule has 2 rings (SSSR count). The predicted octanol–water partition coefficient (Wildman–Crippen LogP) is 3.84. The number of benzene rings is 2. The van der Waals surface area contributed by atoms with Crippen LogP contribution in [0.4, 0.5) is 4.39 Å². The minimum atomic E-state index is -0.302. The van der Waals surface area contributed by atoms with E-state index in [4.69, 9.17) is 15.3 Å². The molecule has 0 spiro atoms. The number of nitrogens with zero attached hydrogens (tertiary/aromatic N) is 2. The van der Waals surface area contributed by atoms with Gasteiger partial charge in [-0.2, -0.15) is 10.5 Å². The lowest BCUT2D eigenvalue weighted by Gasteiger charge is -2.06. The third-order valence-corrected chi connectivity index (χ3v) is 2.75. The molecule has 0 N–H and O–H groups in total. The van der Waals surface area contributed by atoms with Crippen molar-refractivity contribution < 1.29 is 9.13 Å². The Bertz CT molecular complexity index is 703. The molecule has 0 radical (unpaired) electrons. The van der Waals surface area contributed by atoms with Crippen LogP contribution in [0.1, 0.15) is 11.1 Å². The Balaban J connectivity index is 2.00. The molecule has 0 saturated heterocycles. The fraction of sp³-hybridized carbons (Fsp3) is 0.0588. The molecule has 3 nitrogen and oxygen atoms in total. The number of hydrogen-bond donors (Lipinski definition) is 0. The SMILES string of the molecule is N#CC(C#N)=Cc1ccc(COc2ccc(F)cc2)cc1. The fourth-order valence-corrected chi connectivity index (χ4v) is 1.66. The molecule has 0 bridgehead atoms. The number of rotatable bonds is 4. The van der Waals surface area contributed by atoms with Gasteiger partial charge in [-0.3, -0.25) is 0 Å². The first kappa shape index (κ1) is 14.3. The highest BCUT2D eigenvalue weighted by Crippen LogP contribution is 2.14. The summed E-state index contributed by atoms with van der Waals surface area (Å²) in [7, 11) is 0. The zero-order valence-electron chi connectivity index (χ0n) is 11.1. The van der Waals surface area contributed by atoms with E-state index >= 15 is 0 Å². The summed E-state index contributed by atoms with van der Waals surface area (Å²) < 4.78 is 18.3. The molecule has 0 aliphatic heterocycles. The van der Waals surface area contributed by atoms with Gasteiger partial charge in [0.25, 0.3) is 0 Å². The van der Waals surface area contributed by atoms with Gasteiger partial charge in [0.15, 0.2) is 0 Å². The van der Waals surface area contributed by atoms with Crippen molar-refractivity contribution in [3.63, 3.8) is 0 Å². The molecule has 0 aliphatic rings. The molecule has 2 aromatic rings.